The number of benzene rings is 2. The molecule has 1 aliphatic carbocycles. The molecule has 4 aliphatic rings. The number of ether oxygens (including phenoxy) is 3. The van der Waals surface area contributed by atoms with Gasteiger partial charge in [0.05, 0.1) is 30.2 Å². The largest absolute Gasteiger partial charge is 0.497 e. The van der Waals surface area contributed by atoms with Crippen LogP contribution in [0, 0.1) is 15.5 Å². The summed E-state index contributed by atoms with van der Waals surface area (Å²) < 4.78 is 17.1. The zero-order chi connectivity index (χ0) is 31.4. The van der Waals surface area contributed by atoms with Crippen molar-refractivity contribution in [1.29, 1.82) is 0 Å². The maximum absolute atomic E-state index is 13.1. The lowest BCUT2D eigenvalue weighted by Crippen LogP contribution is -2.81. The first kappa shape index (κ1) is 29.9. The molecule has 12 heteroatoms. The van der Waals surface area contributed by atoms with Crippen LogP contribution in [0.3, 0.4) is 0 Å². The first-order chi connectivity index (χ1) is 21.0. The van der Waals surface area contributed by atoms with Gasteiger partial charge in [-0.2, -0.15) is 0 Å². The number of carbonyl (C=O) groups is 2. The molecule has 1 saturated heterocycles. The standard InChI is InChI=1S/C32H38N4O8/c1-5-30-13-8-15-35-16-14-31(26(30)35)23-12-11-22(42-4)17-25(23)34(3)27(31)32(39,28(30)44-20(2)37)19-33-29(38)43-18-21-9-6-7-10-24(21)36(40)41/h6-13,17,26-28,39H,5,14-16,18-19H2,1-4H3,(H,33,38)/t26-,27+,28+,30?,31+,32-/m0/s1. The van der Waals surface area contributed by atoms with Crippen molar-refractivity contribution >= 4 is 23.4 Å². The number of nitro groups is 1. The molecule has 0 aromatic heterocycles. The van der Waals surface area contributed by atoms with Gasteiger partial charge in [0.25, 0.3) is 5.69 Å². The van der Waals surface area contributed by atoms with Crippen molar-refractivity contribution in [3.8, 4) is 5.75 Å². The van der Waals surface area contributed by atoms with E-state index < -0.39 is 45.6 Å². The topological polar surface area (TPSA) is 144 Å². The van der Waals surface area contributed by atoms with E-state index in [1.54, 1.807) is 13.2 Å². The monoisotopic (exact) mass is 606 g/mol. The maximum atomic E-state index is 13.1. The number of rotatable bonds is 8. The first-order valence-electron chi connectivity index (χ1n) is 14.9. The number of aliphatic hydroxyl groups is 1. The van der Waals surface area contributed by atoms with Gasteiger partial charge in [0.15, 0.2) is 0 Å². The Morgan fingerprint density at radius 2 is 1.98 bits per heavy atom. The second-order valence-corrected chi connectivity index (χ2v) is 12.2. The number of hydrogen-bond donors (Lipinski definition) is 2. The van der Waals surface area contributed by atoms with Gasteiger partial charge >= 0.3 is 12.1 Å². The average molecular weight is 607 g/mol. The number of hydrogen-bond acceptors (Lipinski definition) is 10. The van der Waals surface area contributed by atoms with Gasteiger partial charge in [-0.1, -0.05) is 37.3 Å². The van der Waals surface area contributed by atoms with Crippen LogP contribution in [0.15, 0.2) is 54.6 Å². The second-order valence-electron chi connectivity index (χ2n) is 12.2. The lowest BCUT2D eigenvalue weighted by molar-refractivity contribution is -0.385. The number of nitro benzene ring substituents is 1. The molecular formula is C32H38N4O8. The van der Waals surface area contributed by atoms with Crippen LogP contribution in [0.4, 0.5) is 16.2 Å². The second kappa shape index (κ2) is 10.8. The molecule has 3 heterocycles. The summed E-state index contributed by atoms with van der Waals surface area (Å²) >= 11 is 0. The van der Waals surface area contributed by atoms with E-state index >= 15 is 0 Å². The molecule has 1 saturated carbocycles. The molecule has 1 amide bonds. The van der Waals surface area contributed by atoms with Gasteiger partial charge in [0, 0.05) is 55.2 Å². The number of nitrogens with zero attached hydrogens (tertiary/aromatic N) is 3. The first-order valence-corrected chi connectivity index (χ1v) is 14.9. The fourth-order valence-electron chi connectivity index (χ4n) is 8.86. The molecular weight excluding hydrogens is 568 g/mol. The van der Waals surface area contributed by atoms with Crippen molar-refractivity contribution < 1.29 is 33.8 Å². The summed E-state index contributed by atoms with van der Waals surface area (Å²) in [5, 5.41) is 27.2. The Morgan fingerprint density at radius 3 is 2.68 bits per heavy atom. The van der Waals surface area contributed by atoms with E-state index in [1.807, 2.05) is 31.0 Å². The third kappa shape index (κ3) is 4.18. The predicted molar refractivity (Wildman–Crippen MR) is 160 cm³/mol. The van der Waals surface area contributed by atoms with E-state index in [0.717, 1.165) is 30.8 Å². The van der Waals surface area contributed by atoms with Crippen molar-refractivity contribution in [1.82, 2.24) is 10.2 Å². The van der Waals surface area contributed by atoms with Crippen molar-refractivity contribution in [3.63, 3.8) is 0 Å². The number of methoxy groups -OCH3 is 1. The molecule has 2 aromatic carbocycles. The van der Waals surface area contributed by atoms with E-state index in [2.05, 4.69) is 28.4 Å². The zero-order valence-corrected chi connectivity index (χ0v) is 25.3. The molecule has 234 valence electrons. The molecule has 0 bridgehead atoms. The number of para-hydroxylation sites is 1. The van der Waals surface area contributed by atoms with Gasteiger partial charge in [-0.3, -0.25) is 19.8 Å². The molecule has 6 rings (SSSR count). The summed E-state index contributed by atoms with van der Waals surface area (Å²) in [4.78, 5) is 41.2. The summed E-state index contributed by atoms with van der Waals surface area (Å²) in [6, 6.07) is 11.3. The number of carbonyl (C=O) groups excluding carboxylic acids is 2. The van der Waals surface area contributed by atoms with Crippen LogP contribution in [0.1, 0.15) is 37.8 Å². The van der Waals surface area contributed by atoms with Crippen LogP contribution in [-0.4, -0.2) is 84.6 Å². The molecule has 44 heavy (non-hydrogen) atoms. The van der Waals surface area contributed by atoms with E-state index in [1.165, 1.54) is 25.1 Å². The number of alkyl carbamates (subject to hydrolysis) is 1. The van der Waals surface area contributed by atoms with Gasteiger partial charge in [-0.05, 0) is 37.1 Å². The Labute approximate surface area is 255 Å². The molecule has 12 nitrogen and oxygen atoms in total. The molecule has 1 unspecified atom stereocenters. The number of anilines is 1. The molecule has 3 aliphatic heterocycles. The summed E-state index contributed by atoms with van der Waals surface area (Å²) in [6.45, 7) is 4.30. The average Bonchev–Trinajstić information content (AvgIpc) is 3.53. The Balaban J connectivity index is 1.41. The number of nitrogens with one attached hydrogen (secondary N) is 1. The van der Waals surface area contributed by atoms with E-state index in [4.69, 9.17) is 14.2 Å². The third-order valence-electron chi connectivity index (χ3n) is 10.3. The lowest BCUT2D eigenvalue weighted by atomic mass is 9.47. The van der Waals surface area contributed by atoms with E-state index in [0.29, 0.717) is 12.2 Å². The molecule has 0 radical (unpaired) electrons. The predicted octanol–water partition coefficient (Wildman–Crippen LogP) is 3.30. The van der Waals surface area contributed by atoms with Gasteiger partial charge in [-0.25, -0.2) is 4.79 Å². The van der Waals surface area contributed by atoms with Crippen molar-refractivity contribution in [2.45, 2.75) is 62.5 Å². The summed E-state index contributed by atoms with van der Waals surface area (Å²) in [6.07, 6.45) is 3.66. The SMILES string of the molecule is CCC12C=CCN3CC[C@@]4(c5ccc(OC)cc5N(C)[C@H]4[C@@](O)(CNC(=O)OCc4ccccc4[N+](=O)[O-])[C@@H]1OC(C)=O)[C@@H]32. The number of esters is 1. The van der Waals surface area contributed by atoms with Crippen LogP contribution in [0.25, 0.3) is 0 Å². The minimum absolute atomic E-state index is 0.0812. The van der Waals surface area contributed by atoms with Crippen molar-refractivity contribution in [3.05, 3.63) is 75.9 Å². The third-order valence-corrected chi connectivity index (χ3v) is 10.3. The highest BCUT2D eigenvalue weighted by Crippen LogP contribution is 2.67. The minimum atomic E-state index is -1.77. The van der Waals surface area contributed by atoms with E-state index in [-0.39, 0.29) is 30.4 Å². The number of amides is 1. The maximum Gasteiger partial charge on any atom is 0.407 e. The number of fused-ring (bicyclic) bond motifs is 1. The highest BCUT2D eigenvalue weighted by Gasteiger charge is 2.77. The normalized spacial score (nSPS) is 31.5. The van der Waals surface area contributed by atoms with Crippen LogP contribution in [-0.2, 0) is 26.3 Å². The van der Waals surface area contributed by atoms with E-state index in [9.17, 15) is 24.8 Å². The van der Waals surface area contributed by atoms with Crippen LogP contribution < -0.4 is 15.0 Å². The fraction of sp³-hybridized carbons (Fsp3) is 0.500. The van der Waals surface area contributed by atoms with Gasteiger partial charge < -0.3 is 29.5 Å². The Morgan fingerprint density at radius 1 is 1.20 bits per heavy atom. The zero-order valence-electron chi connectivity index (χ0n) is 25.3. The minimum Gasteiger partial charge on any atom is -0.497 e. The summed E-state index contributed by atoms with van der Waals surface area (Å²) in [7, 11) is 3.53. The highest BCUT2D eigenvalue weighted by atomic mass is 16.6. The van der Waals surface area contributed by atoms with Crippen molar-refractivity contribution in [2.24, 2.45) is 5.41 Å². The lowest BCUT2D eigenvalue weighted by Gasteiger charge is -2.64. The Bertz CT molecular complexity index is 1530. The molecule has 2 N–H and O–H groups in total. The van der Waals surface area contributed by atoms with Gasteiger partial charge in [0.1, 0.15) is 24.1 Å². The van der Waals surface area contributed by atoms with Crippen LogP contribution in [0.5, 0.6) is 5.75 Å². The van der Waals surface area contributed by atoms with Crippen molar-refractivity contribution in [2.75, 3.05) is 38.7 Å². The molecule has 6 atom stereocenters. The Hall–Kier alpha value is -4.16. The van der Waals surface area contributed by atoms with Crippen LogP contribution >= 0.6 is 0 Å². The smallest absolute Gasteiger partial charge is 0.407 e. The van der Waals surface area contributed by atoms with Crippen LogP contribution in [0.2, 0.25) is 0 Å². The molecule has 2 fully saturated rings. The summed E-state index contributed by atoms with van der Waals surface area (Å²) in [5.74, 6) is 0.152. The quantitative estimate of drug-likeness (QED) is 0.199. The van der Waals surface area contributed by atoms with Gasteiger partial charge in [0.2, 0.25) is 0 Å². The molecule has 2 aromatic rings. The highest BCUT2D eigenvalue weighted by molar-refractivity contribution is 5.72. The summed E-state index contributed by atoms with van der Waals surface area (Å²) in [5.41, 5.74) is -0.999. The molecule has 1 spiro atoms. The van der Waals surface area contributed by atoms with Gasteiger partial charge in [-0.15, -0.1) is 0 Å². The fourth-order valence-corrected chi connectivity index (χ4v) is 8.86. The Kier molecular flexibility index (Phi) is 7.32. The number of likely N-dealkylation sites (N-methyl/N-ethyl adjacent to an activating group) is 1.